The molecule has 110 valence electrons. The van der Waals surface area contributed by atoms with E-state index in [1.54, 1.807) is 12.1 Å². The predicted molar refractivity (Wildman–Crippen MR) is 81.8 cm³/mol. The fourth-order valence-corrected chi connectivity index (χ4v) is 1.73. The molecule has 0 unspecified atom stereocenters. The summed E-state index contributed by atoms with van der Waals surface area (Å²) in [6.45, 7) is 7.17. The monoisotopic (exact) mass is 276 g/mol. The molecular weight excluding hydrogens is 252 g/mol. The summed E-state index contributed by atoms with van der Waals surface area (Å²) in [4.78, 5) is 0. The van der Waals surface area contributed by atoms with Gasteiger partial charge in [-0.25, -0.2) is 0 Å². The van der Waals surface area contributed by atoms with E-state index in [0.29, 0.717) is 18.8 Å². The van der Waals surface area contributed by atoms with E-state index in [-0.39, 0.29) is 11.5 Å². The second kappa shape index (κ2) is 8.43. The van der Waals surface area contributed by atoms with Crippen LogP contribution in [0.1, 0.15) is 39.2 Å². The number of rotatable bonds is 7. The largest absolute Gasteiger partial charge is 0.508 e. The average molecular weight is 276 g/mol. The van der Waals surface area contributed by atoms with Crippen molar-refractivity contribution in [2.75, 3.05) is 6.61 Å². The molecule has 0 heterocycles. The Morgan fingerprint density at radius 1 is 1.15 bits per heavy atom. The molecule has 0 aliphatic carbocycles. The quantitative estimate of drug-likeness (QED) is 0.576. The first-order valence-electron chi connectivity index (χ1n) is 6.86. The van der Waals surface area contributed by atoms with Crippen LogP contribution in [0, 0.1) is 0 Å². The summed E-state index contributed by atoms with van der Waals surface area (Å²) in [6.07, 6.45) is 6.39. The summed E-state index contributed by atoms with van der Waals surface area (Å²) in [6, 6.07) is 4.52. The van der Waals surface area contributed by atoms with Crippen LogP contribution in [0.3, 0.4) is 0 Å². The van der Waals surface area contributed by atoms with Crippen molar-refractivity contribution in [3.63, 3.8) is 0 Å². The number of phenols is 2. The molecule has 0 fully saturated rings. The Morgan fingerprint density at radius 2 is 1.90 bits per heavy atom. The maximum atomic E-state index is 9.61. The third-order valence-corrected chi connectivity index (χ3v) is 2.97. The van der Waals surface area contributed by atoms with E-state index >= 15 is 0 Å². The van der Waals surface area contributed by atoms with Gasteiger partial charge in [-0.1, -0.05) is 23.3 Å². The zero-order valence-electron chi connectivity index (χ0n) is 12.5. The zero-order chi connectivity index (χ0) is 15.0. The van der Waals surface area contributed by atoms with Crippen molar-refractivity contribution >= 4 is 0 Å². The van der Waals surface area contributed by atoms with Crippen LogP contribution in [0.4, 0.5) is 0 Å². The van der Waals surface area contributed by atoms with Crippen LogP contribution in [0.25, 0.3) is 0 Å². The van der Waals surface area contributed by atoms with Crippen molar-refractivity contribution in [2.45, 2.75) is 40.2 Å². The SMILES string of the molecule is CC(C)=CCC/C(C)=C/COCc1ccc(O)cc1O. The molecule has 0 aromatic heterocycles. The second-order valence-electron chi connectivity index (χ2n) is 5.20. The van der Waals surface area contributed by atoms with Gasteiger partial charge < -0.3 is 14.9 Å². The van der Waals surface area contributed by atoms with Crippen molar-refractivity contribution in [3.05, 3.63) is 47.1 Å². The van der Waals surface area contributed by atoms with E-state index in [0.717, 1.165) is 12.8 Å². The van der Waals surface area contributed by atoms with E-state index in [1.807, 2.05) is 0 Å². The van der Waals surface area contributed by atoms with Crippen molar-refractivity contribution in [1.82, 2.24) is 0 Å². The zero-order valence-corrected chi connectivity index (χ0v) is 12.5. The summed E-state index contributed by atoms with van der Waals surface area (Å²) in [5, 5.41) is 18.8. The molecule has 0 amide bonds. The summed E-state index contributed by atoms with van der Waals surface area (Å²) in [7, 11) is 0. The lowest BCUT2D eigenvalue weighted by molar-refractivity contribution is 0.146. The smallest absolute Gasteiger partial charge is 0.124 e. The highest BCUT2D eigenvalue weighted by Crippen LogP contribution is 2.23. The molecular formula is C17H24O3. The Kier molecular flexibility index (Phi) is 6.88. The van der Waals surface area contributed by atoms with Crippen LogP contribution >= 0.6 is 0 Å². The number of benzene rings is 1. The molecule has 0 aliphatic rings. The molecule has 0 bridgehead atoms. The first-order chi connectivity index (χ1) is 9.49. The minimum Gasteiger partial charge on any atom is -0.508 e. The second-order valence-corrected chi connectivity index (χ2v) is 5.20. The fourth-order valence-electron chi connectivity index (χ4n) is 1.73. The highest BCUT2D eigenvalue weighted by Gasteiger charge is 2.01. The van der Waals surface area contributed by atoms with Gasteiger partial charge in [-0.15, -0.1) is 0 Å². The summed E-state index contributed by atoms with van der Waals surface area (Å²) in [5.74, 6) is 0.121. The van der Waals surface area contributed by atoms with Crippen LogP contribution in [0.5, 0.6) is 11.5 Å². The molecule has 0 aliphatic heterocycles. The maximum Gasteiger partial charge on any atom is 0.124 e. The van der Waals surface area contributed by atoms with Crippen molar-refractivity contribution < 1.29 is 14.9 Å². The first kappa shape index (κ1) is 16.3. The molecule has 0 saturated heterocycles. The molecule has 0 atom stereocenters. The van der Waals surface area contributed by atoms with Gasteiger partial charge in [-0.2, -0.15) is 0 Å². The summed E-state index contributed by atoms with van der Waals surface area (Å²) < 4.78 is 5.51. The van der Waals surface area contributed by atoms with Crippen molar-refractivity contribution in [2.24, 2.45) is 0 Å². The van der Waals surface area contributed by atoms with Gasteiger partial charge in [0.15, 0.2) is 0 Å². The standard InChI is InChI=1S/C17H24O3/c1-13(2)5-4-6-14(3)9-10-20-12-15-7-8-16(18)11-17(15)19/h5,7-9,11,18-19H,4,6,10,12H2,1-3H3/b14-9+. The number of hydrogen-bond donors (Lipinski definition) is 2. The van der Waals surface area contributed by atoms with Gasteiger partial charge in [0.25, 0.3) is 0 Å². The van der Waals surface area contributed by atoms with Crippen LogP contribution in [0.2, 0.25) is 0 Å². The Hall–Kier alpha value is -1.74. The van der Waals surface area contributed by atoms with Crippen molar-refractivity contribution in [1.29, 1.82) is 0 Å². The number of phenolic OH excluding ortho intramolecular Hbond substituents is 2. The molecule has 1 rings (SSSR count). The molecule has 3 nitrogen and oxygen atoms in total. The molecule has 3 heteroatoms. The number of allylic oxidation sites excluding steroid dienone is 3. The number of hydrogen-bond acceptors (Lipinski definition) is 3. The fraction of sp³-hybridized carbons (Fsp3) is 0.412. The lowest BCUT2D eigenvalue weighted by Crippen LogP contribution is -1.94. The summed E-state index contributed by atoms with van der Waals surface area (Å²) in [5.41, 5.74) is 3.33. The maximum absolute atomic E-state index is 9.61. The Balaban J connectivity index is 2.31. The number of ether oxygens (including phenoxy) is 1. The first-order valence-corrected chi connectivity index (χ1v) is 6.86. The lowest BCUT2D eigenvalue weighted by Gasteiger charge is -2.05. The third kappa shape index (κ3) is 6.43. The molecule has 20 heavy (non-hydrogen) atoms. The van der Waals surface area contributed by atoms with Gasteiger partial charge >= 0.3 is 0 Å². The van der Waals surface area contributed by atoms with E-state index in [1.165, 1.54) is 17.2 Å². The molecule has 1 aromatic carbocycles. The number of aromatic hydroxyl groups is 2. The van der Waals surface area contributed by atoms with Gasteiger partial charge in [-0.3, -0.25) is 0 Å². The van der Waals surface area contributed by atoms with Gasteiger partial charge in [0, 0.05) is 11.6 Å². The van der Waals surface area contributed by atoms with Gasteiger partial charge in [0.05, 0.1) is 13.2 Å². The minimum absolute atomic E-state index is 0.0567. The molecule has 0 spiro atoms. The molecule has 0 radical (unpaired) electrons. The lowest BCUT2D eigenvalue weighted by atomic mass is 10.1. The van der Waals surface area contributed by atoms with E-state index in [9.17, 15) is 10.2 Å². The van der Waals surface area contributed by atoms with E-state index in [4.69, 9.17) is 4.74 Å². The van der Waals surface area contributed by atoms with Crippen molar-refractivity contribution in [3.8, 4) is 11.5 Å². The average Bonchev–Trinajstić information content (AvgIpc) is 2.36. The van der Waals surface area contributed by atoms with Crippen LogP contribution in [0.15, 0.2) is 41.5 Å². The Bertz CT molecular complexity index is 483. The van der Waals surface area contributed by atoms with Gasteiger partial charge in [0.1, 0.15) is 11.5 Å². The molecule has 0 saturated carbocycles. The minimum atomic E-state index is 0.0567. The third-order valence-electron chi connectivity index (χ3n) is 2.97. The molecule has 1 aromatic rings. The Labute approximate surface area is 121 Å². The summed E-state index contributed by atoms with van der Waals surface area (Å²) >= 11 is 0. The van der Waals surface area contributed by atoms with Gasteiger partial charge in [-0.05, 0) is 45.7 Å². The Morgan fingerprint density at radius 3 is 2.55 bits per heavy atom. The van der Waals surface area contributed by atoms with Crippen LogP contribution < -0.4 is 0 Å². The normalized spacial score (nSPS) is 11.4. The van der Waals surface area contributed by atoms with Crippen LogP contribution in [-0.2, 0) is 11.3 Å². The highest BCUT2D eigenvalue weighted by atomic mass is 16.5. The topological polar surface area (TPSA) is 49.7 Å². The van der Waals surface area contributed by atoms with Gasteiger partial charge in [0.2, 0.25) is 0 Å². The van der Waals surface area contributed by atoms with E-state index in [2.05, 4.69) is 32.9 Å². The predicted octanol–water partition coefficient (Wildman–Crippen LogP) is 4.31. The van der Waals surface area contributed by atoms with Crippen LogP contribution in [-0.4, -0.2) is 16.8 Å². The van der Waals surface area contributed by atoms with E-state index < -0.39 is 0 Å². The highest BCUT2D eigenvalue weighted by molar-refractivity contribution is 5.38. The molecule has 2 N–H and O–H groups in total.